The zero-order chi connectivity index (χ0) is 17.1. The van der Waals surface area contributed by atoms with Gasteiger partial charge in [-0.3, -0.25) is 9.80 Å². The third kappa shape index (κ3) is 4.62. The molecule has 1 aromatic carbocycles. The van der Waals surface area contributed by atoms with Crippen LogP contribution in [0.2, 0.25) is 0 Å². The van der Waals surface area contributed by atoms with E-state index < -0.39 is 0 Å². The summed E-state index contributed by atoms with van der Waals surface area (Å²) in [5, 5.41) is 0.645. The largest absolute Gasteiger partial charge is 0.439 e. The first-order valence-electron chi connectivity index (χ1n) is 8.41. The van der Waals surface area contributed by atoms with Crippen molar-refractivity contribution in [2.24, 2.45) is 0 Å². The summed E-state index contributed by atoms with van der Waals surface area (Å²) >= 11 is 1.57. The van der Waals surface area contributed by atoms with Crippen LogP contribution >= 0.6 is 23.7 Å². The van der Waals surface area contributed by atoms with E-state index in [1.807, 2.05) is 42.7 Å². The summed E-state index contributed by atoms with van der Waals surface area (Å²) in [4.78, 5) is 14.6. The van der Waals surface area contributed by atoms with E-state index in [0.29, 0.717) is 5.13 Å². The Hall–Kier alpha value is -1.93. The second-order valence-corrected chi connectivity index (χ2v) is 7.35. The fourth-order valence-electron chi connectivity index (χ4n) is 3.03. The minimum Gasteiger partial charge on any atom is -0.439 e. The Morgan fingerprint density at radius 1 is 0.962 bits per heavy atom. The molecule has 2 aromatic heterocycles. The summed E-state index contributed by atoms with van der Waals surface area (Å²) in [5.41, 5.74) is 6.76. The summed E-state index contributed by atoms with van der Waals surface area (Å²) in [6.45, 7) is 5.77. The molecule has 1 aliphatic rings. The summed E-state index contributed by atoms with van der Waals surface area (Å²) in [6.07, 6.45) is 3.69. The minimum atomic E-state index is 0. The first-order chi connectivity index (χ1) is 12.3. The van der Waals surface area contributed by atoms with Gasteiger partial charge in [0.2, 0.25) is 5.89 Å². The van der Waals surface area contributed by atoms with Crippen LogP contribution in [-0.2, 0) is 13.1 Å². The quantitative estimate of drug-likeness (QED) is 0.720. The van der Waals surface area contributed by atoms with Crippen LogP contribution in [0.4, 0.5) is 5.13 Å². The molecule has 8 heteroatoms. The molecule has 0 unspecified atom stereocenters. The molecule has 0 amide bonds. The van der Waals surface area contributed by atoms with Gasteiger partial charge in [0.05, 0.1) is 12.7 Å². The Morgan fingerprint density at radius 3 is 2.31 bits per heavy atom. The maximum Gasteiger partial charge on any atom is 0.209 e. The molecule has 0 saturated carbocycles. The van der Waals surface area contributed by atoms with Crippen LogP contribution < -0.4 is 5.73 Å². The van der Waals surface area contributed by atoms with E-state index in [1.165, 1.54) is 4.88 Å². The van der Waals surface area contributed by atoms with Crippen molar-refractivity contribution in [1.29, 1.82) is 0 Å². The first kappa shape index (κ1) is 18.8. The van der Waals surface area contributed by atoms with Crippen molar-refractivity contribution in [3.63, 3.8) is 0 Å². The van der Waals surface area contributed by atoms with Gasteiger partial charge in [0.15, 0.2) is 10.9 Å². The number of rotatable bonds is 5. The highest BCUT2D eigenvalue weighted by Gasteiger charge is 2.19. The predicted octanol–water partition coefficient (Wildman–Crippen LogP) is 3.12. The Balaban J connectivity index is 0.00000196. The number of benzene rings is 1. The van der Waals surface area contributed by atoms with Crippen LogP contribution in [0.25, 0.3) is 11.3 Å². The molecule has 26 heavy (non-hydrogen) atoms. The highest BCUT2D eigenvalue weighted by Crippen LogP contribution is 2.21. The summed E-state index contributed by atoms with van der Waals surface area (Å²) in [7, 11) is 0. The predicted molar refractivity (Wildman–Crippen MR) is 106 cm³/mol. The zero-order valence-electron chi connectivity index (χ0n) is 14.4. The van der Waals surface area contributed by atoms with Crippen LogP contribution in [0.3, 0.4) is 0 Å². The second kappa shape index (κ2) is 8.64. The van der Waals surface area contributed by atoms with E-state index in [0.717, 1.165) is 56.5 Å². The molecule has 138 valence electrons. The fourth-order valence-corrected chi connectivity index (χ4v) is 3.76. The van der Waals surface area contributed by atoms with Crippen LogP contribution in [0.15, 0.2) is 47.1 Å². The number of nitrogens with zero attached hydrogens (tertiary/aromatic N) is 4. The van der Waals surface area contributed by atoms with Crippen molar-refractivity contribution in [3.05, 3.63) is 53.5 Å². The smallest absolute Gasteiger partial charge is 0.209 e. The molecule has 4 rings (SSSR count). The number of hydrogen-bond acceptors (Lipinski definition) is 7. The third-order valence-corrected chi connectivity index (χ3v) is 5.20. The van der Waals surface area contributed by atoms with Gasteiger partial charge in [-0.1, -0.05) is 30.3 Å². The lowest BCUT2D eigenvalue weighted by atomic mass is 10.2. The molecular formula is C18H22ClN5OS. The van der Waals surface area contributed by atoms with Crippen LogP contribution in [0, 0.1) is 0 Å². The SMILES string of the molecule is Cl.Nc1ncc(CN2CCN(Cc3ncc(-c4ccccc4)o3)CC2)s1. The van der Waals surface area contributed by atoms with Crippen molar-refractivity contribution in [2.45, 2.75) is 13.1 Å². The number of nitrogens with two attached hydrogens (primary N) is 1. The molecule has 1 fully saturated rings. The molecule has 0 spiro atoms. The van der Waals surface area contributed by atoms with Gasteiger partial charge in [-0.25, -0.2) is 9.97 Å². The van der Waals surface area contributed by atoms with Gasteiger partial charge in [0, 0.05) is 49.4 Å². The Bertz CT molecular complexity index is 814. The van der Waals surface area contributed by atoms with Gasteiger partial charge < -0.3 is 10.2 Å². The topological polar surface area (TPSA) is 71.4 Å². The number of aromatic nitrogens is 2. The number of piperazine rings is 1. The van der Waals surface area contributed by atoms with Crippen molar-refractivity contribution < 1.29 is 4.42 Å². The van der Waals surface area contributed by atoms with E-state index in [1.54, 1.807) is 11.3 Å². The van der Waals surface area contributed by atoms with Gasteiger partial charge in [0.1, 0.15) is 0 Å². The van der Waals surface area contributed by atoms with E-state index in [4.69, 9.17) is 10.2 Å². The number of thiazole rings is 1. The van der Waals surface area contributed by atoms with Crippen LogP contribution in [-0.4, -0.2) is 45.9 Å². The lowest BCUT2D eigenvalue weighted by Crippen LogP contribution is -2.45. The zero-order valence-corrected chi connectivity index (χ0v) is 16.0. The van der Waals surface area contributed by atoms with Crippen LogP contribution in [0.5, 0.6) is 0 Å². The number of halogens is 1. The number of nitrogen functional groups attached to an aromatic ring is 1. The van der Waals surface area contributed by atoms with Gasteiger partial charge in [-0.05, 0) is 0 Å². The van der Waals surface area contributed by atoms with E-state index in [2.05, 4.69) is 19.8 Å². The van der Waals surface area contributed by atoms with Gasteiger partial charge in [0.25, 0.3) is 0 Å². The fraction of sp³-hybridized carbons (Fsp3) is 0.333. The van der Waals surface area contributed by atoms with E-state index >= 15 is 0 Å². The monoisotopic (exact) mass is 391 g/mol. The molecule has 0 radical (unpaired) electrons. The van der Waals surface area contributed by atoms with Crippen molar-refractivity contribution in [1.82, 2.24) is 19.8 Å². The van der Waals surface area contributed by atoms with Crippen LogP contribution in [0.1, 0.15) is 10.8 Å². The normalized spacial score (nSPS) is 15.7. The van der Waals surface area contributed by atoms with E-state index in [9.17, 15) is 0 Å². The number of anilines is 1. The Morgan fingerprint density at radius 2 is 1.65 bits per heavy atom. The molecule has 2 N–H and O–H groups in total. The minimum absolute atomic E-state index is 0. The lowest BCUT2D eigenvalue weighted by Gasteiger charge is -2.33. The molecule has 6 nitrogen and oxygen atoms in total. The molecule has 1 aliphatic heterocycles. The highest BCUT2D eigenvalue weighted by atomic mass is 35.5. The van der Waals surface area contributed by atoms with Gasteiger partial charge >= 0.3 is 0 Å². The maximum atomic E-state index is 5.91. The average Bonchev–Trinajstić information content (AvgIpc) is 3.27. The van der Waals surface area contributed by atoms with Crippen molar-refractivity contribution >= 4 is 28.9 Å². The molecule has 0 aliphatic carbocycles. The first-order valence-corrected chi connectivity index (χ1v) is 9.23. The molecule has 0 bridgehead atoms. The summed E-state index contributed by atoms with van der Waals surface area (Å²) < 4.78 is 5.91. The second-order valence-electron chi connectivity index (χ2n) is 6.20. The Kier molecular flexibility index (Phi) is 6.26. The molecule has 3 aromatic rings. The maximum absolute atomic E-state index is 5.91. The standard InChI is InChI=1S/C18H21N5OS.ClH/c19-18-21-10-15(25-18)12-22-6-8-23(9-7-22)13-17-20-11-16(24-17)14-4-2-1-3-5-14;/h1-5,10-11H,6-9,12-13H2,(H2,19,21);1H. The van der Waals surface area contributed by atoms with Gasteiger partial charge in [-0.15, -0.1) is 23.7 Å². The summed E-state index contributed by atoms with van der Waals surface area (Å²) in [5.74, 6) is 1.61. The molecule has 1 saturated heterocycles. The highest BCUT2D eigenvalue weighted by molar-refractivity contribution is 7.15. The average molecular weight is 392 g/mol. The molecule has 3 heterocycles. The molecular weight excluding hydrogens is 370 g/mol. The van der Waals surface area contributed by atoms with Crippen molar-refractivity contribution in [2.75, 3.05) is 31.9 Å². The van der Waals surface area contributed by atoms with Gasteiger partial charge in [-0.2, -0.15) is 0 Å². The van der Waals surface area contributed by atoms with E-state index in [-0.39, 0.29) is 12.4 Å². The van der Waals surface area contributed by atoms with Crippen molar-refractivity contribution in [3.8, 4) is 11.3 Å². The molecule has 0 atom stereocenters. The lowest BCUT2D eigenvalue weighted by molar-refractivity contribution is 0.115. The third-order valence-electron chi connectivity index (χ3n) is 4.39. The summed E-state index contributed by atoms with van der Waals surface area (Å²) in [6, 6.07) is 10.1. The Labute approximate surface area is 163 Å². The number of oxazole rings is 1. The number of hydrogen-bond donors (Lipinski definition) is 1.